The fraction of sp³-hybridized carbons (Fsp3) is 0.750. The molecule has 3 atom stereocenters. The zero-order chi connectivity index (χ0) is 10.8. The molecule has 1 aliphatic rings. The van der Waals surface area contributed by atoms with Gasteiger partial charge in [-0.1, -0.05) is 19.8 Å². The fourth-order valence-electron chi connectivity index (χ4n) is 1.86. The molecule has 76 valence electrons. The van der Waals surface area contributed by atoms with Crippen molar-refractivity contribution >= 4 is 0 Å². The smallest absolute Gasteiger partial charge is 0.156 e. The number of rotatable bonds is 1. The second-order valence-electron chi connectivity index (χ2n) is 4.25. The predicted octanol–water partition coefficient (Wildman–Crippen LogP) is 2.50. The Hall–Kier alpha value is -0.990. The van der Waals surface area contributed by atoms with E-state index < -0.39 is 11.2 Å². The normalized spacial score (nSPS) is 42.5. The lowest BCUT2D eigenvalue weighted by molar-refractivity contribution is -0.151. The lowest BCUT2D eigenvalue weighted by Crippen LogP contribution is -2.49. The number of ether oxygens (including phenoxy) is 1. The van der Waals surface area contributed by atoms with E-state index in [1.165, 1.54) is 0 Å². The van der Waals surface area contributed by atoms with Gasteiger partial charge in [0.25, 0.3) is 0 Å². The molecule has 1 aliphatic heterocycles. The second kappa shape index (κ2) is 3.64. The molecule has 14 heavy (non-hydrogen) atoms. The Morgan fingerprint density at radius 3 is 2.71 bits per heavy atom. The third-order valence-electron chi connectivity index (χ3n) is 3.39. The fourth-order valence-corrected chi connectivity index (χ4v) is 1.86. The van der Waals surface area contributed by atoms with Crippen LogP contribution in [-0.2, 0) is 4.74 Å². The van der Waals surface area contributed by atoms with Crippen molar-refractivity contribution in [2.45, 2.75) is 51.2 Å². The lowest BCUT2D eigenvalue weighted by Gasteiger charge is -2.44. The number of nitrogens with zero attached hydrogens (tertiary/aromatic N) is 1. The van der Waals surface area contributed by atoms with Crippen molar-refractivity contribution in [1.29, 1.82) is 5.26 Å². The van der Waals surface area contributed by atoms with Gasteiger partial charge >= 0.3 is 0 Å². The highest BCUT2D eigenvalue weighted by Gasteiger charge is 2.45. The molecule has 1 fully saturated rings. The van der Waals surface area contributed by atoms with Crippen molar-refractivity contribution in [3.8, 4) is 18.4 Å². The van der Waals surface area contributed by atoms with E-state index in [4.69, 9.17) is 16.4 Å². The molecule has 0 N–H and O–H groups in total. The maximum absolute atomic E-state index is 9.11. The van der Waals surface area contributed by atoms with E-state index in [1.807, 2.05) is 13.8 Å². The van der Waals surface area contributed by atoms with Crippen LogP contribution in [0.25, 0.3) is 0 Å². The minimum absolute atomic E-state index is 0.320. The van der Waals surface area contributed by atoms with Crippen molar-refractivity contribution < 1.29 is 4.74 Å². The largest absolute Gasteiger partial charge is 0.341 e. The molecule has 0 aromatic rings. The van der Waals surface area contributed by atoms with Gasteiger partial charge in [-0.3, -0.25) is 0 Å². The van der Waals surface area contributed by atoms with Crippen LogP contribution in [0.4, 0.5) is 0 Å². The van der Waals surface area contributed by atoms with Crippen molar-refractivity contribution in [1.82, 2.24) is 0 Å². The van der Waals surface area contributed by atoms with Gasteiger partial charge in [-0.15, -0.1) is 6.42 Å². The molecule has 1 saturated heterocycles. The quantitative estimate of drug-likeness (QED) is 0.596. The van der Waals surface area contributed by atoms with E-state index in [0.717, 1.165) is 12.8 Å². The summed E-state index contributed by atoms with van der Waals surface area (Å²) in [7, 11) is 0. The molecule has 0 aromatic carbocycles. The van der Waals surface area contributed by atoms with E-state index in [1.54, 1.807) is 0 Å². The maximum Gasteiger partial charge on any atom is 0.156 e. The van der Waals surface area contributed by atoms with Crippen molar-refractivity contribution in [3.63, 3.8) is 0 Å². The Morgan fingerprint density at radius 1 is 1.64 bits per heavy atom. The molecule has 1 rings (SSSR count). The minimum atomic E-state index is -0.659. The summed E-state index contributed by atoms with van der Waals surface area (Å²) in [6, 6.07) is 2.26. The van der Waals surface area contributed by atoms with Crippen LogP contribution in [0.15, 0.2) is 0 Å². The van der Waals surface area contributed by atoms with Crippen LogP contribution in [-0.4, -0.2) is 11.2 Å². The number of nitriles is 1. The summed E-state index contributed by atoms with van der Waals surface area (Å²) < 4.78 is 5.82. The average Bonchev–Trinajstić information content (AvgIpc) is 2.23. The van der Waals surface area contributed by atoms with E-state index in [2.05, 4.69) is 18.9 Å². The first-order valence-electron chi connectivity index (χ1n) is 5.11. The summed E-state index contributed by atoms with van der Waals surface area (Å²) in [5, 5.41) is 9.11. The number of terminal acetylenes is 1. The topological polar surface area (TPSA) is 33.0 Å². The van der Waals surface area contributed by atoms with Gasteiger partial charge in [-0.05, 0) is 32.1 Å². The Labute approximate surface area is 86.3 Å². The van der Waals surface area contributed by atoms with Crippen molar-refractivity contribution in [2.24, 2.45) is 5.92 Å². The van der Waals surface area contributed by atoms with Gasteiger partial charge in [0.2, 0.25) is 0 Å². The SMILES string of the molecule is C#CC1(C)OC(C#N)(CC)CCC1C. The summed E-state index contributed by atoms with van der Waals surface area (Å²) in [4.78, 5) is 0. The highest BCUT2D eigenvalue weighted by molar-refractivity contribution is 5.16. The first-order chi connectivity index (χ1) is 6.52. The highest BCUT2D eigenvalue weighted by atomic mass is 16.5. The molecular weight excluding hydrogens is 174 g/mol. The van der Waals surface area contributed by atoms with Gasteiger partial charge in [0.05, 0.1) is 6.07 Å². The molecule has 0 saturated carbocycles. The maximum atomic E-state index is 9.11. The van der Waals surface area contributed by atoms with Gasteiger partial charge in [0.1, 0.15) is 5.60 Å². The number of hydrogen-bond donors (Lipinski definition) is 0. The van der Waals surface area contributed by atoms with E-state index in [-0.39, 0.29) is 0 Å². The van der Waals surface area contributed by atoms with Crippen LogP contribution in [0.3, 0.4) is 0 Å². The van der Waals surface area contributed by atoms with Crippen LogP contribution >= 0.6 is 0 Å². The molecule has 0 bridgehead atoms. The van der Waals surface area contributed by atoms with Gasteiger partial charge in [-0.25, -0.2) is 0 Å². The monoisotopic (exact) mass is 191 g/mol. The summed E-state index contributed by atoms with van der Waals surface area (Å²) in [6.45, 7) is 5.95. The summed E-state index contributed by atoms with van der Waals surface area (Å²) in [6.07, 6.45) is 7.93. The van der Waals surface area contributed by atoms with Gasteiger partial charge < -0.3 is 4.74 Å². The van der Waals surface area contributed by atoms with Gasteiger partial charge in [0, 0.05) is 0 Å². The Bertz CT molecular complexity index is 284. The Kier molecular flexibility index (Phi) is 2.88. The van der Waals surface area contributed by atoms with Crippen LogP contribution in [0.5, 0.6) is 0 Å². The van der Waals surface area contributed by atoms with E-state index in [9.17, 15) is 0 Å². The molecule has 2 nitrogen and oxygen atoms in total. The average molecular weight is 191 g/mol. The standard InChI is InChI=1S/C12H17NO/c1-5-11(4)10(3)7-8-12(6-2,9-13)14-11/h1,10H,6-8H2,2-4H3. The van der Waals surface area contributed by atoms with Gasteiger partial charge in [-0.2, -0.15) is 5.26 Å². The van der Waals surface area contributed by atoms with Crippen LogP contribution in [0, 0.1) is 29.6 Å². The first-order valence-corrected chi connectivity index (χ1v) is 5.11. The van der Waals surface area contributed by atoms with Crippen molar-refractivity contribution in [3.05, 3.63) is 0 Å². The zero-order valence-electron chi connectivity index (χ0n) is 9.13. The molecule has 0 aromatic heterocycles. The predicted molar refractivity (Wildman–Crippen MR) is 55.4 cm³/mol. The molecule has 3 unspecified atom stereocenters. The molecule has 0 aliphatic carbocycles. The Balaban J connectivity index is 2.94. The van der Waals surface area contributed by atoms with Crippen molar-refractivity contribution in [2.75, 3.05) is 0 Å². The minimum Gasteiger partial charge on any atom is -0.341 e. The summed E-state index contributed by atoms with van der Waals surface area (Å²) in [5.74, 6) is 3.00. The van der Waals surface area contributed by atoms with Crippen LogP contribution in [0.1, 0.15) is 40.0 Å². The van der Waals surface area contributed by atoms with E-state index in [0.29, 0.717) is 12.3 Å². The third-order valence-corrected chi connectivity index (χ3v) is 3.39. The summed E-state index contributed by atoms with van der Waals surface area (Å²) in [5.41, 5.74) is -1.24. The lowest BCUT2D eigenvalue weighted by atomic mass is 9.78. The third kappa shape index (κ3) is 1.63. The Morgan fingerprint density at radius 2 is 2.29 bits per heavy atom. The zero-order valence-corrected chi connectivity index (χ0v) is 9.13. The molecule has 0 spiro atoms. The van der Waals surface area contributed by atoms with Crippen LogP contribution in [0.2, 0.25) is 0 Å². The molecule has 0 amide bonds. The molecular formula is C12H17NO. The number of hydrogen-bond acceptors (Lipinski definition) is 2. The summed E-state index contributed by atoms with van der Waals surface area (Å²) >= 11 is 0. The first kappa shape index (κ1) is 11.1. The van der Waals surface area contributed by atoms with E-state index >= 15 is 0 Å². The molecule has 0 radical (unpaired) electrons. The van der Waals surface area contributed by atoms with Gasteiger partial charge in [0.15, 0.2) is 5.60 Å². The van der Waals surface area contributed by atoms with Crippen LogP contribution < -0.4 is 0 Å². The molecule has 1 heterocycles. The highest BCUT2D eigenvalue weighted by Crippen LogP contribution is 2.40. The molecule has 2 heteroatoms. The second-order valence-corrected chi connectivity index (χ2v) is 4.25.